The van der Waals surface area contributed by atoms with E-state index in [1.165, 1.54) is 0 Å². The van der Waals surface area contributed by atoms with Crippen molar-refractivity contribution >= 4 is 5.78 Å². The summed E-state index contributed by atoms with van der Waals surface area (Å²) in [5.41, 5.74) is 0. The van der Waals surface area contributed by atoms with Crippen molar-refractivity contribution < 1.29 is 4.79 Å². The zero-order valence-electron chi connectivity index (χ0n) is 6.47. The highest BCUT2D eigenvalue weighted by Gasteiger charge is 2.29. The molecule has 0 bridgehead atoms. The molecule has 1 rings (SSSR count). The van der Waals surface area contributed by atoms with E-state index in [9.17, 15) is 4.79 Å². The smallest absolute Gasteiger partial charge is 0.136 e. The summed E-state index contributed by atoms with van der Waals surface area (Å²) in [5.74, 6) is 1.22. The number of carbonyl (C=O) groups is 1. The Bertz CT molecular complexity index is 145. The van der Waals surface area contributed by atoms with Crippen molar-refractivity contribution in [2.75, 3.05) is 0 Å². The van der Waals surface area contributed by atoms with Crippen LogP contribution in [0.4, 0.5) is 0 Å². The zero-order chi connectivity index (χ0) is 7.56. The number of ketones is 1. The maximum atomic E-state index is 11.1. The molecule has 0 radical (unpaired) electrons. The summed E-state index contributed by atoms with van der Waals surface area (Å²) in [5, 5.41) is 0. The van der Waals surface area contributed by atoms with E-state index in [4.69, 9.17) is 0 Å². The molecule has 0 heterocycles. The van der Waals surface area contributed by atoms with E-state index >= 15 is 0 Å². The van der Waals surface area contributed by atoms with Crippen LogP contribution in [0.2, 0.25) is 0 Å². The largest absolute Gasteiger partial charge is 0.299 e. The summed E-state index contributed by atoms with van der Waals surface area (Å²) in [6.07, 6.45) is 4.81. The third kappa shape index (κ3) is 1.98. The first-order valence-corrected chi connectivity index (χ1v) is 3.89. The van der Waals surface area contributed by atoms with Gasteiger partial charge in [0.1, 0.15) is 5.78 Å². The first-order chi connectivity index (χ1) is 4.74. The molecular formula is C9H14O. The van der Waals surface area contributed by atoms with Crippen LogP contribution in [-0.2, 0) is 4.79 Å². The lowest BCUT2D eigenvalue weighted by Crippen LogP contribution is -2.04. The monoisotopic (exact) mass is 138 g/mol. The lowest BCUT2D eigenvalue weighted by molar-refractivity contribution is -0.120. The van der Waals surface area contributed by atoms with Gasteiger partial charge in [0.2, 0.25) is 0 Å². The molecular weight excluding hydrogens is 124 g/mol. The molecule has 0 N–H and O–H groups in total. The van der Waals surface area contributed by atoms with Gasteiger partial charge in [0.25, 0.3) is 0 Å². The molecule has 56 valence electrons. The van der Waals surface area contributed by atoms with Gasteiger partial charge in [0.15, 0.2) is 0 Å². The van der Waals surface area contributed by atoms with Crippen molar-refractivity contribution in [3.05, 3.63) is 12.7 Å². The van der Waals surface area contributed by atoms with Crippen LogP contribution in [-0.4, -0.2) is 5.78 Å². The number of rotatable bonds is 4. The van der Waals surface area contributed by atoms with Crippen LogP contribution < -0.4 is 0 Å². The summed E-state index contributed by atoms with van der Waals surface area (Å²) in [6.45, 7) is 5.68. The predicted molar refractivity (Wildman–Crippen MR) is 41.7 cm³/mol. The second-order valence-electron chi connectivity index (χ2n) is 3.16. The molecule has 0 aromatic carbocycles. The SMILES string of the molecule is C=CC(C)CC(=O)C1CC1. The summed E-state index contributed by atoms with van der Waals surface area (Å²) in [7, 11) is 0. The molecule has 1 unspecified atom stereocenters. The Balaban J connectivity index is 2.22. The molecule has 0 aromatic rings. The van der Waals surface area contributed by atoms with Crippen LogP contribution in [0.1, 0.15) is 26.2 Å². The van der Waals surface area contributed by atoms with E-state index < -0.39 is 0 Å². The van der Waals surface area contributed by atoms with Gasteiger partial charge in [-0.3, -0.25) is 4.79 Å². The first kappa shape index (κ1) is 7.52. The maximum absolute atomic E-state index is 11.1. The normalized spacial score (nSPS) is 20.1. The highest BCUT2D eigenvalue weighted by molar-refractivity contribution is 5.83. The minimum atomic E-state index is 0.369. The van der Waals surface area contributed by atoms with E-state index in [2.05, 4.69) is 6.58 Å². The Kier molecular flexibility index (Phi) is 2.25. The Labute approximate surface area is 62.1 Å². The fourth-order valence-corrected chi connectivity index (χ4v) is 0.973. The molecule has 10 heavy (non-hydrogen) atoms. The van der Waals surface area contributed by atoms with Gasteiger partial charge in [-0.2, -0.15) is 0 Å². The first-order valence-electron chi connectivity index (χ1n) is 3.89. The molecule has 0 amide bonds. The van der Waals surface area contributed by atoms with Gasteiger partial charge in [-0.1, -0.05) is 13.0 Å². The van der Waals surface area contributed by atoms with Crippen LogP contribution in [0.5, 0.6) is 0 Å². The molecule has 1 fully saturated rings. The van der Waals surface area contributed by atoms with E-state index in [1.807, 2.05) is 13.0 Å². The lowest BCUT2D eigenvalue weighted by Gasteiger charge is -2.01. The van der Waals surface area contributed by atoms with Crippen molar-refractivity contribution in [1.29, 1.82) is 0 Å². The van der Waals surface area contributed by atoms with Gasteiger partial charge in [-0.15, -0.1) is 6.58 Å². The standard InChI is InChI=1S/C9H14O/c1-3-7(2)6-9(10)8-4-5-8/h3,7-8H,1,4-6H2,2H3. The van der Waals surface area contributed by atoms with Crippen molar-refractivity contribution in [3.63, 3.8) is 0 Å². The molecule has 0 aliphatic heterocycles. The van der Waals surface area contributed by atoms with Crippen LogP contribution in [0.15, 0.2) is 12.7 Å². The average molecular weight is 138 g/mol. The van der Waals surface area contributed by atoms with Crippen LogP contribution in [0.25, 0.3) is 0 Å². The fraction of sp³-hybridized carbons (Fsp3) is 0.667. The number of hydrogen-bond donors (Lipinski definition) is 0. The number of hydrogen-bond acceptors (Lipinski definition) is 1. The summed E-state index contributed by atoms with van der Waals surface area (Å²) in [4.78, 5) is 11.1. The Morgan fingerprint density at radius 1 is 1.80 bits per heavy atom. The van der Waals surface area contributed by atoms with Crippen molar-refractivity contribution in [3.8, 4) is 0 Å². The van der Waals surface area contributed by atoms with Crippen LogP contribution in [0, 0.1) is 11.8 Å². The van der Waals surface area contributed by atoms with Crippen molar-refractivity contribution in [2.24, 2.45) is 11.8 Å². The zero-order valence-corrected chi connectivity index (χ0v) is 6.47. The third-order valence-electron chi connectivity index (χ3n) is 1.96. The average Bonchev–Trinajstić information content (AvgIpc) is 2.68. The fourth-order valence-electron chi connectivity index (χ4n) is 0.973. The molecule has 1 atom stereocenters. The number of Topliss-reactive ketones (excluding diaryl/α,β-unsaturated/α-hetero) is 1. The van der Waals surface area contributed by atoms with Gasteiger partial charge in [-0.05, 0) is 18.8 Å². The predicted octanol–water partition coefficient (Wildman–Crippen LogP) is 2.18. The molecule has 0 aromatic heterocycles. The third-order valence-corrected chi connectivity index (χ3v) is 1.96. The maximum Gasteiger partial charge on any atom is 0.136 e. The van der Waals surface area contributed by atoms with Gasteiger partial charge in [0, 0.05) is 12.3 Å². The quantitative estimate of drug-likeness (QED) is 0.544. The molecule has 1 nitrogen and oxygen atoms in total. The van der Waals surface area contributed by atoms with E-state index in [-0.39, 0.29) is 0 Å². The second-order valence-corrected chi connectivity index (χ2v) is 3.16. The minimum absolute atomic E-state index is 0.369. The molecule has 1 heteroatoms. The number of carbonyl (C=O) groups excluding carboxylic acids is 1. The van der Waals surface area contributed by atoms with Crippen molar-refractivity contribution in [1.82, 2.24) is 0 Å². The van der Waals surface area contributed by atoms with E-state index in [0.29, 0.717) is 24.0 Å². The Hall–Kier alpha value is -0.590. The Morgan fingerprint density at radius 2 is 2.40 bits per heavy atom. The lowest BCUT2D eigenvalue weighted by atomic mass is 10.0. The molecule has 0 saturated heterocycles. The minimum Gasteiger partial charge on any atom is -0.299 e. The molecule has 1 aliphatic rings. The van der Waals surface area contributed by atoms with Gasteiger partial charge < -0.3 is 0 Å². The topological polar surface area (TPSA) is 17.1 Å². The Morgan fingerprint density at radius 3 is 2.80 bits per heavy atom. The van der Waals surface area contributed by atoms with E-state index in [1.54, 1.807) is 0 Å². The van der Waals surface area contributed by atoms with Gasteiger partial charge in [0.05, 0.1) is 0 Å². The summed E-state index contributed by atoms with van der Waals surface area (Å²) in [6, 6.07) is 0. The summed E-state index contributed by atoms with van der Waals surface area (Å²) < 4.78 is 0. The van der Waals surface area contributed by atoms with E-state index in [0.717, 1.165) is 12.8 Å². The van der Waals surface area contributed by atoms with Gasteiger partial charge in [-0.25, -0.2) is 0 Å². The van der Waals surface area contributed by atoms with Crippen LogP contribution in [0.3, 0.4) is 0 Å². The van der Waals surface area contributed by atoms with Crippen molar-refractivity contribution in [2.45, 2.75) is 26.2 Å². The number of allylic oxidation sites excluding steroid dienone is 1. The van der Waals surface area contributed by atoms with Crippen LogP contribution >= 0.6 is 0 Å². The molecule has 1 aliphatic carbocycles. The second kappa shape index (κ2) is 3.00. The highest BCUT2D eigenvalue weighted by atomic mass is 16.1. The molecule has 1 saturated carbocycles. The summed E-state index contributed by atoms with van der Waals surface area (Å²) >= 11 is 0. The highest BCUT2D eigenvalue weighted by Crippen LogP contribution is 2.31. The van der Waals surface area contributed by atoms with Gasteiger partial charge >= 0.3 is 0 Å². The molecule has 0 spiro atoms.